The Kier molecular flexibility index (Phi) is 5.70. The fourth-order valence-corrected chi connectivity index (χ4v) is 1.86. The minimum Gasteiger partial charge on any atom is -0.464 e. The van der Waals surface area contributed by atoms with Crippen molar-refractivity contribution in [2.75, 3.05) is 14.2 Å². The molecular formula is C15H11F4N3O4. The number of carbonyl (C=O) groups excluding carboxylic acids is 1. The van der Waals surface area contributed by atoms with Gasteiger partial charge >= 0.3 is 12.1 Å². The predicted molar refractivity (Wildman–Crippen MR) is 79.1 cm³/mol. The van der Waals surface area contributed by atoms with E-state index >= 15 is 0 Å². The lowest BCUT2D eigenvalue weighted by molar-refractivity contribution is -0.141. The standard InChI is InChI=1S/C15H11F4N3O4/c1-24-14(23)13(22-25-2)12-8(16)4-3-5-9(12)26-11-6-10(15(17,18)19)20-7-21-11/h3-7H,1-2H3. The lowest BCUT2D eigenvalue weighted by Gasteiger charge is -2.12. The fourth-order valence-electron chi connectivity index (χ4n) is 1.86. The summed E-state index contributed by atoms with van der Waals surface area (Å²) in [7, 11) is 2.15. The van der Waals surface area contributed by atoms with Gasteiger partial charge in [0.2, 0.25) is 11.6 Å². The number of halogens is 4. The minimum atomic E-state index is -4.72. The number of hydrogen-bond acceptors (Lipinski definition) is 7. The van der Waals surface area contributed by atoms with E-state index in [9.17, 15) is 22.4 Å². The van der Waals surface area contributed by atoms with Crippen LogP contribution < -0.4 is 4.74 Å². The van der Waals surface area contributed by atoms with E-state index in [1.54, 1.807) is 0 Å². The van der Waals surface area contributed by atoms with Gasteiger partial charge in [-0.15, -0.1) is 0 Å². The summed E-state index contributed by atoms with van der Waals surface area (Å²) in [5, 5.41) is 3.39. The van der Waals surface area contributed by atoms with Gasteiger partial charge in [0.05, 0.1) is 12.7 Å². The molecule has 0 unspecified atom stereocenters. The summed E-state index contributed by atoms with van der Waals surface area (Å²) in [6.45, 7) is 0. The molecule has 0 spiro atoms. The van der Waals surface area contributed by atoms with E-state index in [2.05, 4.69) is 24.7 Å². The van der Waals surface area contributed by atoms with Crippen molar-refractivity contribution in [1.29, 1.82) is 0 Å². The van der Waals surface area contributed by atoms with Crippen molar-refractivity contribution < 1.29 is 36.7 Å². The van der Waals surface area contributed by atoms with Crippen LogP contribution in [0.3, 0.4) is 0 Å². The number of oxime groups is 1. The zero-order chi connectivity index (χ0) is 19.3. The van der Waals surface area contributed by atoms with Gasteiger partial charge in [-0.05, 0) is 12.1 Å². The number of aromatic nitrogens is 2. The highest BCUT2D eigenvalue weighted by atomic mass is 19.4. The van der Waals surface area contributed by atoms with Crippen molar-refractivity contribution >= 4 is 11.7 Å². The van der Waals surface area contributed by atoms with E-state index in [4.69, 9.17) is 4.74 Å². The largest absolute Gasteiger partial charge is 0.464 e. The Morgan fingerprint density at radius 3 is 2.54 bits per heavy atom. The maximum atomic E-state index is 14.3. The van der Waals surface area contributed by atoms with Crippen LogP contribution in [0.2, 0.25) is 0 Å². The molecule has 0 aliphatic carbocycles. The second kappa shape index (κ2) is 7.76. The first-order chi connectivity index (χ1) is 12.3. The van der Waals surface area contributed by atoms with Gasteiger partial charge in [-0.3, -0.25) is 0 Å². The summed E-state index contributed by atoms with van der Waals surface area (Å²) in [5.74, 6) is -2.81. The Morgan fingerprint density at radius 2 is 1.92 bits per heavy atom. The Balaban J connectivity index is 2.51. The molecule has 0 atom stereocenters. The molecule has 0 aliphatic heterocycles. The number of rotatable bonds is 5. The van der Waals surface area contributed by atoms with E-state index in [0.717, 1.165) is 20.3 Å². The molecule has 0 aliphatic rings. The number of nitrogens with zero attached hydrogens (tertiary/aromatic N) is 3. The molecule has 0 N–H and O–H groups in total. The van der Waals surface area contributed by atoms with Gasteiger partial charge in [-0.1, -0.05) is 11.2 Å². The van der Waals surface area contributed by atoms with E-state index in [1.165, 1.54) is 12.1 Å². The van der Waals surface area contributed by atoms with E-state index in [1.807, 2.05) is 0 Å². The second-order valence-corrected chi connectivity index (χ2v) is 4.57. The second-order valence-electron chi connectivity index (χ2n) is 4.57. The topological polar surface area (TPSA) is 82.9 Å². The molecule has 0 amide bonds. The van der Waals surface area contributed by atoms with Crippen molar-refractivity contribution in [3.8, 4) is 11.6 Å². The molecule has 2 rings (SSSR count). The highest BCUT2D eigenvalue weighted by molar-refractivity contribution is 6.43. The zero-order valence-corrected chi connectivity index (χ0v) is 13.4. The van der Waals surface area contributed by atoms with E-state index < -0.39 is 40.8 Å². The molecule has 1 heterocycles. The van der Waals surface area contributed by atoms with Gasteiger partial charge in [-0.25, -0.2) is 19.2 Å². The number of ether oxygens (including phenoxy) is 2. The Bertz CT molecular complexity index is 840. The highest BCUT2D eigenvalue weighted by Crippen LogP contribution is 2.31. The van der Waals surface area contributed by atoms with Gasteiger partial charge in [-0.2, -0.15) is 13.2 Å². The van der Waals surface area contributed by atoms with Crippen LogP contribution in [-0.4, -0.2) is 35.9 Å². The molecule has 7 nitrogen and oxygen atoms in total. The summed E-state index contributed by atoms with van der Waals surface area (Å²) in [5.41, 5.74) is -2.29. The molecule has 138 valence electrons. The molecule has 2 aromatic rings. The zero-order valence-electron chi connectivity index (χ0n) is 13.4. The minimum absolute atomic E-state index is 0.321. The molecule has 1 aromatic heterocycles. The maximum Gasteiger partial charge on any atom is 0.433 e. The van der Waals surface area contributed by atoms with Crippen molar-refractivity contribution in [1.82, 2.24) is 9.97 Å². The van der Waals surface area contributed by atoms with Crippen LogP contribution in [0.15, 0.2) is 35.7 Å². The van der Waals surface area contributed by atoms with Crippen molar-refractivity contribution in [2.24, 2.45) is 5.16 Å². The first kappa shape index (κ1) is 19.1. The Hall–Kier alpha value is -3.24. The van der Waals surface area contributed by atoms with Crippen LogP contribution in [0.5, 0.6) is 11.6 Å². The number of benzene rings is 1. The third-order valence-electron chi connectivity index (χ3n) is 2.92. The molecule has 0 saturated heterocycles. The molecule has 26 heavy (non-hydrogen) atoms. The van der Waals surface area contributed by atoms with Crippen LogP contribution in [-0.2, 0) is 20.5 Å². The molecule has 1 aromatic carbocycles. The van der Waals surface area contributed by atoms with Crippen LogP contribution in [0.1, 0.15) is 11.3 Å². The van der Waals surface area contributed by atoms with E-state index in [-0.39, 0.29) is 5.75 Å². The van der Waals surface area contributed by atoms with Crippen molar-refractivity contribution in [3.05, 3.63) is 47.7 Å². The first-order valence-corrected chi connectivity index (χ1v) is 6.83. The number of carbonyl (C=O) groups is 1. The van der Waals surface area contributed by atoms with Gasteiger partial charge < -0.3 is 14.3 Å². The monoisotopic (exact) mass is 373 g/mol. The summed E-state index contributed by atoms with van der Waals surface area (Å²) in [4.78, 5) is 22.9. The summed E-state index contributed by atoms with van der Waals surface area (Å²) in [6, 6.07) is 3.96. The molecule has 0 saturated carbocycles. The van der Waals surface area contributed by atoms with Crippen LogP contribution in [0, 0.1) is 5.82 Å². The number of hydrogen-bond donors (Lipinski definition) is 0. The van der Waals surface area contributed by atoms with Crippen LogP contribution >= 0.6 is 0 Å². The number of alkyl halides is 3. The predicted octanol–water partition coefficient (Wildman–Crippen LogP) is 2.95. The SMILES string of the molecule is CON=C(C(=O)OC)c1c(F)cccc1Oc1cc(C(F)(F)F)ncn1. The van der Waals surface area contributed by atoms with Gasteiger partial charge in [0, 0.05) is 6.07 Å². The van der Waals surface area contributed by atoms with Crippen molar-refractivity contribution in [3.63, 3.8) is 0 Å². The lowest BCUT2D eigenvalue weighted by atomic mass is 10.1. The van der Waals surface area contributed by atoms with Gasteiger partial charge in [0.1, 0.15) is 25.0 Å². The Morgan fingerprint density at radius 1 is 1.19 bits per heavy atom. The van der Waals surface area contributed by atoms with Crippen LogP contribution in [0.25, 0.3) is 0 Å². The normalized spacial score (nSPS) is 11.8. The molecule has 0 bridgehead atoms. The fraction of sp³-hybridized carbons (Fsp3) is 0.200. The first-order valence-electron chi connectivity index (χ1n) is 6.83. The molecule has 0 radical (unpaired) electrons. The lowest BCUT2D eigenvalue weighted by Crippen LogP contribution is -2.20. The average molecular weight is 373 g/mol. The maximum absolute atomic E-state index is 14.3. The Labute approximate surface area is 144 Å². The molecule has 0 fully saturated rings. The summed E-state index contributed by atoms with van der Waals surface area (Å²) < 4.78 is 62.1. The van der Waals surface area contributed by atoms with E-state index in [0.29, 0.717) is 12.4 Å². The highest BCUT2D eigenvalue weighted by Gasteiger charge is 2.33. The number of esters is 1. The third-order valence-corrected chi connectivity index (χ3v) is 2.92. The molecular weight excluding hydrogens is 362 g/mol. The average Bonchev–Trinajstić information content (AvgIpc) is 2.59. The van der Waals surface area contributed by atoms with Crippen molar-refractivity contribution in [2.45, 2.75) is 6.18 Å². The molecule has 11 heteroatoms. The van der Waals surface area contributed by atoms with Gasteiger partial charge in [0.25, 0.3) is 0 Å². The quantitative estimate of drug-likeness (QED) is 0.347. The smallest absolute Gasteiger partial charge is 0.433 e. The third kappa shape index (κ3) is 4.23. The number of methoxy groups -OCH3 is 1. The summed E-state index contributed by atoms with van der Waals surface area (Å²) >= 11 is 0. The van der Waals surface area contributed by atoms with Crippen LogP contribution in [0.4, 0.5) is 17.6 Å². The van der Waals surface area contributed by atoms with Gasteiger partial charge in [0.15, 0.2) is 5.69 Å². The summed E-state index contributed by atoms with van der Waals surface area (Å²) in [6.07, 6.45) is -4.08.